The Kier molecular flexibility index (Phi) is 11.5. The van der Waals surface area contributed by atoms with Gasteiger partial charge < -0.3 is 29.8 Å². The van der Waals surface area contributed by atoms with Crippen LogP contribution in [-0.4, -0.2) is 57.8 Å². The van der Waals surface area contributed by atoms with E-state index in [1.165, 1.54) is 19.3 Å². The van der Waals surface area contributed by atoms with E-state index in [9.17, 15) is 18.0 Å². The Morgan fingerprint density at radius 3 is 2.36 bits per heavy atom. The first kappa shape index (κ1) is 32.6. The molecule has 9 nitrogen and oxygen atoms in total. The molecule has 0 aliphatic heterocycles. The van der Waals surface area contributed by atoms with Gasteiger partial charge in [0.25, 0.3) is 0 Å². The van der Waals surface area contributed by atoms with E-state index in [2.05, 4.69) is 16.5 Å². The highest BCUT2D eigenvalue weighted by molar-refractivity contribution is 5.80. The summed E-state index contributed by atoms with van der Waals surface area (Å²) in [6.45, 7) is 2.16. The average molecular weight is 593 g/mol. The smallest absolute Gasteiger partial charge is 0.490 e. The van der Waals surface area contributed by atoms with Gasteiger partial charge >= 0.3 is 12.1 Å². The highest BCUT2D eigenvalue weighted by Gasteiger charge is 2.38. The lowest BCUT2D eigenvalue weighted by atomic mass is 9.94. The Morgan fingerprint density at radius 1 is 1.12 bits per heavy atom. The number of carbonyl (C=O) groups is 2. The lowest BCUT2D eigenvalue weighted by Crippen LogP contribution is -2.38. The molecular weight excluding hydrogens is 553 g/mol. The van der Waals surface area contributed by atoms with Gasteiger partial charge in [-0.3, -0.25) is 4.79 Å². The number of nitrogen functional groups attached to an aromatic ring is 1. The summed E-state index contributed by atoms with van der Waals surface area (Å²) < 4.78 is 45.4. The number of carboxylic acid groups (broad SMARTS) is 1. The number of hydrogen-bond acceptors (Lipinski definition) is 6. The Balaban J connectivity index is 0.000000616. The predicted octanol–water partition coefficient (Wildman–Crippen LogP) is 6.97. The average Bonchev–Trinajstić information content (AvgIpc) is 3.30. The fourth-order valence-electron chi connectivity index (χ4n) is 5.24. The van der Waals surface area contributed by atoms with Gasteiger partial charge in [0.05, 0.1) is 18.1 Å². The molecular formula is C30H39F3N4O5. The molecule has 0 spiro atoms. The fourth-order valence-corrected chi connectivity index (χ4v) is 5.24. The topological polar surface area (TPSA) is 120 Å². The van der Waals surface area contributed by atoms with Gasteiger partial charge in [0.15, 0.2) is 11.5 Å². The molecule has 1 aliphatic carbocycles. The third-order valence-electron chi connectivity index (χ3n) is 7.42. The zero-order valence-corrected chi connectivity index (χ0v) is 24.2. The van der Waals surface area contributed by atoms with Crippen LogP contribution in [0.5, 0.6) is 17.2 Å². The summed E-state index contributed by atoms with van der Waals surface area (Å²) in [4.78, 5) is 28.5. The molecule has 0 saturated heterocycles. The normalized spacial score (nSPS) is 14.5. The van der Waals surface area contributed by atoms with Crippen molar-refractivity contribution in [1.82, 2.24) is 14.5 Å². The van der Waals surface area contributed by atoms with E-state index in [1.54, 1.807) is 7.11 Å². The Bertz CT molecular complexity index is 1340. The van der Waals surface area contributed by atoms with Crippen molar-refractivity contribution < 1.29 is 37.3 Å². The van der Waals surface area contributed by atoms with Crippen molar-refractivity contribution in [3.05, 3.63) is 42.5 Å². The van der Waals surface area contributed by atoms with Crippen LogP contribution in [0.3, 0.4) is 0 Å². The second kappa shape index (κ2) is 14.8. The number of aliphatic carboxylic acids is 1. The summed E-state index contributed by atoms with van der Waals surface area (Å²) in [7, 11) is 3.60. The zero-order valence-electron chi connectivity index (χ0n) is 24.2. The number of benzene rings is 2. The number of halogens is 3. The third kappa shape index (κ3) is 8.53. The number of methoxy groups -OCH3 is 1. The maximum atomic E-state index is 13.0. The summed E-state index contributed by atoms with van der Waals surface area (Å²) in [5, 5.41) is 7.12. The molecule has 230 valence electrons. The summed E-state index contributed by atoms with van der Waals surface area (Å²) in [6.07, 6.45) is 4.04. The van der Waals surface area contributed by atoms with Gasteiger partial charge in [0.2, 0.25) is 11.9 Å². The van der Waals surface area contributed by atoms with Crippen molar-refractivity contribution in [2.24, 2.45) is 0 Å². The van der Waals surface area contributed by atoms with Gasteiger partial charge in [0.1, 0.15) is 5.75 Å². The van der Waals surface area contributed by atoms with Crippen molar-refractivity contribution in [2.45, 2.75) is 83.0 Å². The van der Waals surface area contributed by atoms with E-state index in [1.807, 2.05) is 54.4 Å². The molecule has 1 saturated carbocycles. The van der Waals surface area contributed by atoms with E-state index in [0.29, 0.717) is 35.7 Å². The van der Waals surface area contributed by atoms with E-state index < -0.39 is 12.1 Å². The minimum atomic E-state index is -5.08. The van der Waals surface area contributed by atoms with Crippen LogP contribution in [0.25, 0.3) is 11.0 Å². The fraction of sp³-hybridized carbons (Fsp3) is 0.500. The largest absolute Gasteiger partial charge is 0.493 e. The number of alkyl halides is 3. The number of rotatable bonds is 10. The van der Waals surface area contributed by atoms with Crippen molar-refractivity contribution in [3.63, 3.8) is 0 Å². The SMILES string of the molecule is CCCC(CCC(=O)N(C)C1CCCCC1)n1c(N)nc2ccc(Oc3ccccc3OC)cc21.O=C(O)C(F)(F)F. The van der Waals surface area contributed by atoms with Crippen LogP contribution < -0.4 is 15.2 Å². The highest BCUT2D eigenvalue weighted by Crippen LogP contribution is 2.35. The van der Waals surface area contributed by atoms with Gasteiger partial charge in [-0.2, -0.15) is 13.2 Å². The number of imidazole rings is 1. The number of para-hydroxylation sites is 2. The molecule has 42 heavy (non-hydrogen) atoms. The maximum Gasteiger partial charge on any atom is 0.490 e. The van der Waals surface area contributed by atoms with E-state index in [0.717, 1.165) is 43.1 Å². The summed E-state index contributed by atoms with van der Waals surface area (Å²) in [5.41, 5.74) is 8.15. The van der Waals surface area contributed by atoms with Crippen molar-refractivity contribution >= 4 is 28.9 Å². The Labute approximate surface area is 243 Å². The Hall–Kier alpha value is -3.96. The van der Waals surface area contributed by atoms with Crippen LogP contribution in [-0.2, 0) is 9.59 Å². The van der Waals surface area contributed by atoms with Gasteiger partial charge in [-0.05, 0) is 49.9 Å². The first-order valence-electron chi connectivity index (χ1n) is 14.1. The molecule has 12 heteroatoms. The summed E-state index contributed by atoms with van der Waals surface area (Å²) in [6, 6.07) is 13.8. The molecule has 3 aromatic rings. The van der Waals surface area contributed by atoms with Gasteiger partial charge in [-0.15, -0.1) is 0 Å². The van der Waals surface area contributed by atoms with Crippen molar-refractivity contribution in [2.75, 3.05) is 19.9 Å². The molecule has 1 atom stereocenters. The molecule has 4 rings (SSSR count). The second-order valence-electron chi connectivity index (χ2n) is 10.3. The molecule has 2 aromatic carbocycles. The number of carbonyl (C=O) groups excluding carboxylic acids is 1. The van der Waals surface area contributed by atoms with Crippen LogP contribution in [0.2, 0.25) is 0 Å². The highest BCUT2D eigenvalue weighted by atomic mass is 19.4. The predicted molar refractivity (Wildman–Crippen MR) is 154 cm³/mol. The Morgan fingerprint density at radius 2 is 1.76 bits per heavy atom. The first-order valence-corrected chi connectivity index (χ1v) is 14.1. The van der Waals surface area contributed by atoms with Crippen molar-refractivity contribution in [3.8, 4) is 17.2 Å². The van der Waals surface area contributed by atoms with Crippen LogP contribution >= 0.6 is 0 Å². The molecule has 1 fully saturated rings. The number of amides is 1. The monoisotopic (exact) mass is 592 g/mol. The number of nitrogens with two attached hydrogens (primary N) is 1. The molecule has 0 bridgehead atoms. The number of ether oxygens (including phenoxy) is 2. The van der Waals surface area contributed by atoms with Crippen LogP contribution in [0.1, 0.15) is 70.8 Å². The van der Waals surface area contributed by atoms with Crippen LogP contribution in [0.15, 0.2) is 42.5 Å². The van der Waals surface area contributed by atoms with Crippen LogP contribution in [0, 0.1) is 0 Å². The number of fused-ring (bicyclic) bond motifs is 1. The lowest BCUT2D eigenvalue weighted by molar-refractivity contribution is -0.192. The van der Waals surface area contributed by atoms with E-state index in [4.69, 9.17) is 25.1 Å². The maximum absolute atomic E-state index is 13.0. The van der Waals surface area contributed by atoms with Crippen molar-refractivity contribution in [1.29, 1.82) is 0 Å². The lowest BCUT2D eigenvalue weighted by Gasteiger charge is -2.32. The summed E-state index contributed by atoms with van der Waals surface area (Å²) in [5.74, 6) is -0.0545. The minimum absolute atomic E-state index is 0.0928. The molecule has 0 radical (unpaired) electrons. The first-order chi connectivity index (χ1) is 20.0. The number of nitrogens with zero attached hydrogens (tertiary/aromatic N) is 3. The zero-order chi connectivity index (χ0) is 30.9. The number of anilines is 1. The third-order valence-corrected chi connectivity index (χ3v) is 7.42. The molecule has 1 aliphatic rings. The summed E-state index contributed by atoms with van der Waals surface area (Å²) >= 11 is 0. The molecule has 1 amide bonds. The van der Waals surface area contributed by atoms with Gasteiger partial charge in [0, 0.05) is 31.6 Å². The van der Waals surface area contributed by atoms with Gasteiger partial charge in [-0.25, -0.2) is 9.78 Å². The quantitative estimate of drug-likeness (QED) is 0.261. The molecule has 1 heterocycles. The number of aromatic nitrogens is 2. The van der Waals surface area contributed by atoms with E-state index in [-0.39, 0.29) is 11.9 Å². The van der Waals surface area contributed by atoms with E-state index >= 15 is 0 Å². The number of hydrogen-bond donors (Lipinski definition) is 2. The molecule has 1 aromatic heterocycles. The minimum Gasteiger partial charge on any atom is -0.493 e. The molecule has 3 N–H and O–H groups in total. The number of carboxylic acids is 1. The standard InChI is InChI=1S/C28H38N4O3.C2HF3O2/c1-4-10-21(15-18-27(33)31(2)20-11-6-5-7-12-20)32-24-19-22(16-17-23(24)30-28(32)29)35-26-14-9-8-13-25(26)34-3;3-2(4,5)1(6)7/h8-9,13-14,16-17,19-21H,4-7,10-12,15,18H2,1-3H3,(H2,29,30);(H,6,7). The van der Waals surface area contributed by atoms with Gasteiger partial charge in [-0.1, -0.05) is 44.7 Å². The second-order valence-corrected chi connectivity index (χ2v) is 10.3. The van der Waals surface area contributed by atoms with Crippen LogP contribution in [0.4, 0.5) is 19.1 Å². The molecule has 1 unspecified atom stereocenters.